The minimum Gasteiger partial charge on any atom is -0.366 e. The van der Waals surface area contributed by atoms with Crippen LogP contribution >= 0.6 is 0 Å². The summed E-state index contributed by atoms with van der Waals surface area (Å²) < 4.78 is 7.38. The van der Waals surface area contributed by atoms with Crippen LogP contribution in [0.15, 0.2) is 0 Å². The highest BCUT2D eigenvalue weighted by Crippen LogP contribution is 2.58. The van der Waals surface area contributed by atoms with E-state index in [1.807, 2.05) is 0 Å². The van der Waals surface area contributed by atoms with Crippen LogP contribution in [0, 0.1) is 21.7 Å². The maximum absolute atomic E-state index is 7.38. The Balaban J connectivity index is 6.56. The van der Waals surface area contributed by atoms with Crippen LogP contribution in [0.1, 0.15) is 110 Å². The summed E-state index contributed by atoms with van der Waals surface area (Å²) in [5.41, 5.74) is -0.102. The zero-order valence-corrected chi connectivity index (χ0v) is 18.8. The minimum absolute atomic E-state index is 0.0664. The van der Waals surface area contributed by atoms with Crippen LogP contribution in [0.5, 0.6) is 0 Å². The van der Waals surface area contributed by atoms with Gasteiger partial charge in [-0.15, -0.1) is 0 Å². The lowest BCUT2D eigenvalue weighted by Crippen LogP contribution is -2.65. The van der Waals surface area contributed by atoms with E-state index >= 15 is 0 Å². The van der Waals surface area contributed by atoms with Gasteiger partial charge in [-0.25, -0.2) is 0 Å². The van der Waals surface area contributed by atoms with E-state index in [4.69, 9.17) is 4.74 Å². The second-order valence-corrected chi connectivity index (χ2v) is 11.5. The maximum Gasteiger partial charge on any atom is 0.0783 e. The van der Waals surface area contributed by atoms with Crippen LogP contribution in [0.2, 0.25) is 0 Å². The van der Waals surface area contributed by atoms with Gasteiger partial charge in [-0.3, -0.25) is 0 Å². The molecule has 0 fully saturated rings. The van der Waals surface area contributed by atoms with E-state index in [-0.39, 0.29) is 32.9 Å². The Morgan fingerprint density at radius 1 is 0.435 bits per heavy atom. The highest BCUT2D eigenvalue weighted by molar-refractivity contribution is 5.08. The summed E-state index contributed by atoms with van der Waals surface area (Å²) in [6.07, 6.45) is 2.04. The maximum atomic E-state index is 7.38. The van der Waals surface area contributed by atoms with Gasteiger partial charge >= 0.3 is 0 Å². The van der Waals surface area contributed by atoms with Crippen molar-refractivity contribution >= 4 is 0 Å². The van der Waals surface area contributed by atoms with E-state index < -0.39 is 0 Å². The highest BCUT2D eigenvalue weighted by Gasteiger charge is 2.60. The van der Waals surface area contributed by atoms with Crippen molar-refractivity contribution in [2.75, 3.05) is 0 Å². The van der Waals surface area contributed by atoms with Crippen LogP contribution in [0.4, 0.5) is 0 Å². The molecule has 0 spiro atoms. The number of hydrogen-bond acceptors (Lipinski definition) is 1. The van der Waals surface area contributed by atoms with E-state index in [1.165, 1.54) is 0 Å². The van der Waals surface area contributed by atoms with Gasteiger partial charge in [-0.2, -0.15) is 0 Å². The van der Waals surface area contributed by atoms with Crippen LogP contribution in [0.3, 0.4) is 0 Å². The third-order valence-electron chi connectivity index (χ3n) is 6.19. The topological polar surface area (TPSA) is 9.23 Å². The molecule has 0 aliphatic carbocycles. The monoisotopic (exact) mass is 326 g/mol. The quantitative estimate of drug-likeness (QED) is 0.520. The first kappa shape index (κ1) is 23.0. The molecule has 0 saturated carbocycles. The lowest BCUT2D eigenvalue weighted by Gasteiger charge is -2.63. The first-order valence-electron chi connectivity index (χ1n) is 9.53. The molecule has 0 saturated heterocycles. The summed E-state index contributed by atoms with van der Waals surface area (Å²) in [5, 5.41) is 0. The first-order chi connectivity index (χ1) is 9.83. The molecule has 0 aromatic carbocycles. The molecular formula is C22H46O. The Bertz CT molecular complexity index is 310. The van der Waals surface area contributed by atoms with Gasteiger partial charge in [-0.05, 0) is 34.5 Å². The Kier molecular flexibility index (Phi) is 6.34. The molecule has 0 N–H and O–H groups in total. The van der Waals surface area contributed by atoms with Gasteiger partial charge in [0.25, 0.3) is 0 Å². The summed E-state index contributed by atoms with van der Waals surface area (Å²) in [7, 11) is 0. The second kappa shape index (κ2) is 6.36. The van der Waals surface area contributed by atoms with Crippen molar-refractivity contribution in [1.82, 2.24) is 0 Å². The SMILES string of the molecule is CCC(OC(CC)(C(C)(C)C)C(C)(C)C)(C(C)(C)C)C(C)(C)C. The van der Waals surface area contributed by atoms with Crippen LogP contribution in [-0.2, 0) is 4.74 Å². The molecule has 0 aromatic heterocycles. The van der Waals surface area contributed by atoms with Crippen LogP contribution < -0.4 is 0 Å². The molecule has 0 aliphatic rings. The van der Waals surface area contributed by atoms with Crippen molar-refractivity contribution in [3.05, 3.63) is 0 Å². The lowest BCUT2D eigenvalue weighted by molar-refractivity contribution is -0.306. The largest absolute Gasteiger partial charge is 0.366 e. The smallest absolute Gasteiger partial charge is 0.0783 e. The predicted octanol–water partition coefficient (Wildman–Crippen LogP) is 7.49. The van der Waals surface area contributed by atoms with E-state index in [0.29, 0.717) is 0 Å². The molecule has 0 amide bonds. The lowest BCUT2D eigenvalue weighted by atomic mass is 9.57. The molecule has 0 unspecified atom stereocenters. The zero-order chi connectivity index (χ0) is 19.1. The molecule has 0 atom stereocenters. The average Bonchev–Trinajstić information content (AvgIpc) is 2.23. The highest BCUT2D eigenvalue weighted by atomic mass is 16.5. The standard InChI is InChI=1S/C22H46O/c1-15-21(17(3,4)5,18(6,7)8)23-22(16-2,19(9,10)11)20(12,13)14/h15-16H2,1-14H3. The fraction of sp³-hybridized carbons (Fsp3) is 1.00. The molecular weight excluding hydrogens is 280 g/mol. The Labute approximate surface area is 148 Å². The molecule has 0 rings (SSSR count). The van der Waals surface area contributed by atoms with Crippen LogP contribution in [-0.4, -0.2) is 11.2 Å². The predicted molar refractivity (Wildman–Crippen MR) is 105 cm³/mol. The van der Waals surface area contributed by atoms with Crippen molar-refractivity contribution in [1.29, 1.82) is 0 Å². The van der Waals surface area contributed by atoms with Gasteiger partial charge in [0.2, 0.25) is 0 Å². The van der Waals surface area contributed by atoms with Crippen molar-refractivity contribution in [3.63, 3.8) is 0 Å². The first-order valence-corrected chi connectivity index (χ1v) is 9.53. The molecule has 1 heteroatoms. The second-order valence-electron chi connectivity index (χ2n) is 11.5. The van der Waals surface area contributed by atoms with Crippen molar-refractivity contribution in [3.8, 4) is 0 Å². The van der Waals surface area contributed by atoms with Gasteiger partial charge in [0.15, 0.2) is 0 Å². The van der Waals surface area contributed by atoms with Gasteiger partial charge in [0.1, 0.15) is 0 Å². The molecule has 140 valence electrons. The summed E-state index contributed by atoms with van der Waals surface area (Å²) in [4.78, 5) is 0. The van der Waals surface area contributed by atoms with Crippen molar-refractivity contribution < 1.29 is 4.74 Å². The number of ether oxygens (including phenoxy) is 1. The third-order valence-corrected chi connectivity index (χ3v) is 6.19. The molecule has 0 heterocycles. The van der Waals surface area contributed by atoms with Gasteiger partial charge in [-0.1, -0.05) is 96.9 Å². The number of rotatable bonds is 4. The molecule has 0 aliphatic heterocycles. The molecule has 1 nitrogen and oxygen atoms in total. The summed E-state index contributed by atoms with van der Waals surface area (Å²) in [5.74, 6) is 0. The average molecular weight is 327 g/mol. The Hall–Kier alpha value is -0.0400. The number of hydrogen-bond donors (Lipinski definition) is 0. The van der Waals surface area contributed by atoms with Gasteiger partial charge in [0, 0.05) is 0 Å². The fourth-order valence-corrected chi connectivity index (χ4v) is 5.43. The van der Waals surface area contributed by atoms with E-state index in [1.54, 1.807) is 0 Å². The Morgan fingerprint density at radius 2 is 0.609 bits per heavy atom. The third kappa shape index (κ3) is 3.80. The molecule has 23 heavy (non-hydrogen) atoms. The summed E-state index contributed by atoms with van der Waals surface area (Å²) >= 11 is 0. The normalized spacial score (nSPS) is 15.9. The summed E-state index contributed by atoms with van der Waals surface area (Å²) in [6.45, 7) is 32.7. The fourth-order valence-electron chi connectivity index (χ4n) is 5.43. The van der Waals surface area contributed by atoms with Crippen LogP contribution in [0.25, 0.3) is 0 Å². The van der Waals surface area contributed by atoms with Gasteiger partial charge in [0.05, 0.1) is 11.2 Å². The van der Waals surface area contributed by atoms with E-state index in [2.05, 4.69) is 96.9 Å². The molecule has 0 bridgehead atoms. The zero-order valence-electron chi connectivity index (χ0n) is 18.8. The molecule has 0 aromatic rings. The van der Waals surface area contributed by atoms with Gasteiger partial charge < -0.3 is 4.74 Å². The summed E-state index contributed by atoms with van der Waals surface area (Å²) in [6, 6.07) is 0. The van der Waals surface area contributed by atoms with E-state index in [9.17, 15) is 0 Å². The minimum atomic E-state index is -0.184. The Morgan fingerprint density at radius 3 is 0.696 bits per heavy atom. The van der Waals surface area contributed by atoms with E-state index in [0.717, 1.165) is 12.8 Å². The molecule has 0 radical (unpaired) electrons. The van der Waals surface area contributed by atoms with Crippen molar-refractivity contribution in [2.24, 2.45) is 21.7 Å². The van der Waals surface area contributed by atoms with Crippen molar-refractivity contribution in [2.45, 2.75) is 121 Å².